The van der Waals surface area contributed by atoms with Gasteiger partial charge in [0.2, 0.25) is 0 Å². The lowest BCUT2D eigenvalue weighted by atomic mass is 9.91. The highest BCUT2D eigenvalue weighted by molar-refractivity contribution is 5.38. The maximum atomic E-state index is 9.91. The monoisotopic (exact) mass is 292 g/mol. The number of aliphatic hydroxyl groups excluding tert-OH is 1. The molecule has 3 atom stereocenters. The van der Waals surface area contributed by atoms with Crippen LogP contribution in [0.2, 0.25) is 0 Å². The molecule has 0 aromatic heterocycles. The van der Waals surface area contributed by atoms with Gasteiger partial charge < -0.3 is 19.3 Å². The highest BCUT2D eigenvalue weighted by atomic mass is 16.6. The summed E-state index contributed by atoms with van der Waals surface area (Å²) in [5.74, 6) is 0.797. The number of ether oxygens (including phenoxy) is 3. The van der Waals surface area contributed by atoms with Gasteiger partial charge >= 0.3 is 0 Å². The first-order chi connectivity index (χ1) is 10.1. The lowest BCUT2D eigenvalue weighted by Crippen LogP contribution is -2.44. The zero-order chi connectivity index (χ0) is 14.9. The Hall–Kier alpha value is -1.10. The van der Waals surface area contributed by atoms with Crippen molar-refractivity contribution in [3.8, 4) is 5.75 Å². The molecule has 4 heteroatoms. The maximum Gasteiger partial charge on any atom is 0.125 e. The molecule has 21 heavy (non-hydrogen) atoms. The molecule has 0 bridgehead atoms. The van der Waals surface area contributed by atoms with E-state index < -0.39 is 6.10 Å². The Balaban J connectivity index is 1.75. The van der Waals surface area contributed by atoms with Crippen molar-refractivity contribution in [1.82, 2.24) is 0 Å². The van der Waals surface area contributed by atoms with Crippen molar-refractivity contribution in [2.45, 2.75) is 50.9 Å². The van der Waals surface area contributed by atoms with Crippen molar-refractivity contribution in [3.05, 3.63) is 29.3 Å². The Bertz CT molecular complexity index is 492. The van der Waals surface area contributed by atoms with Crippen molar-refractivity contribution in [2.24, 2.45) is 0 Å². The van der Waals surface area contributed by atoms with Crippen LogP contribution in [0.15, 0.2) is 18.2 Å². The van der Waals surface area contributed by atoms with Crippen LogP contribution >= 0.6 is 0 Å². The Morgan fingerprint density at radius 3 is 2.95 bits per heavy atom. The van der Waals surface area contributed by atoms with E-state index in [0.717, 1.165) is 42.7 Å². The van der Waals surface area contributed by atoms with Gasteiger partial charge in [-0.25, -0.2) is 0 Å². The van der Waals surface area contributed by atoms with Gasteiger partial charge in [0.25, 0.3) is 0 Å². The lowest BCUT2D eigenvalue weighted by Gasteiger charge is -2.37. The van der Waals surface area contributed by atoms with Gasteiger partial charge in [0.05, 0.1) is 24.9 Å². The van der Waals surface area contributed by atoms with E-state index in [1.807, 2.05) is 25.1 Å². The molecule has 2 fully saturated rings. The summed E-state index contributed by atoms with van der Waals surface area (Å²) < 4.78 is 17.7. The summed E-state index contributed by atoms with van der Waals surface area (Å²) in [6.45, 7) is 5.96. The molecule has 0 radical (unpaired) electrons. The first-order valence-corrected chi connectivity index (χ1v) is 7.75. The average Bonchev–Trinajstić information content (AvgIpc) is 2.86. The Kier molecular flexibility index (Phi) is 4.20. The molecule has 2 aliphatic heterocycles. The first kappa shape index (κ1) is 14.8. The number of rotatable bonds is 3. The molecule has 2 unspecified atom stereocenters. The van der Waals surface area contributed by atoms with E-state index in [4.69, 9.17) is 14.2 Å². The van der Waals surface area contributed by atoms with Crippen LogP contribution in [0.1, 0.15) is 43.4 Å². The molecule has 1 spiro atoms. The van der Waals surface area contributed by atoms with Crippen molar-refractivity contribution in [1.29, 1.82) is 0 Å². The number of aliphatic hydroxyl groups is 1. The highest BCUT2D eigenvalue weighted by Crippen LogP contribution is 2.36. The molecule has 0 saturated carbocycles. The minimum absolute atomic E-state index is 0.125. The largest absolute Gasteiger partial charge is 0.490 e. The van der Waals surface area contributed by atoms with Gasteiger partial charge in [-0.15, -0.1) is 0 Å². The predicted octanol–water partition coefficient (Wildman–Crippen LogP) is 2.77. The molecule has 2 aliphatic rings. The van der Waals surface area contributed by atoms with Crippen LogP contribution in [-0.2, 0) is 9.47 Å². The zero-order valence-electron chi connectivity index (χ0n) is 12.8. The fourth-order valence-electron chi connectivity index (χ4n) is 3.22. The lowest BCUT2D eigenvalue weighted by molar-refractivity contribution is -0.112. The van der Waals surface area contributed by atoms with Crippen molar-refractivity contribution < 1.29 is 19.3 Å². The summed E-state index contributed by atoms with van der Waals surface area (Å²) in [6.07, 6.45) is 2.29. The molecule has 2 saturated heterocycles. The van der Waals surface area contributed by atoms with Crippen LogP contribution < -0.4 is 4.74 Å². The molecular weight excluding hydrogens is 268 g/mol. The van der Waals surface area contributed by atoms with Crippen LogP contribution in [0, 0.1) is 6.92 Å². The van der Waals surface area contributed by atoms with Crippen LogP contribution in [0.4, 0.5) is 0 Å². The summed E-state index contributed by atoms with van der Waals surface area (Å²) in [7, 11) is 0. The average molecular weight is 292 g/mol. The molecule has 3 rings (SSSR count). The van der Waals surface area contributed by atoms with Crippen molar-refractivity contribution in [2.75, 3.05) is 19.8 Å². The van der Waals surface area contributed by atoms with E-state index >= 15 is 0 Å². The predicted molar refractivity (Wildman–Crippen MR) is 79.6 cm³/mol. The summed E-state index contributed by atoms with van der Waals surface area (Å²) >= 11 is 0. The molecule has 2 heterocycles. The van der Waals surface area contributed by atoms with E-state index in [9.17, 15) is 5.11 Å². The number of hydrogen-bond acceptors (Lipinski definition) is 4. The molecular formula is C17H24O4. The molecule has 116 valence electrons. The van der Waals surface area contributed by atoms with Crippen molar-refractivity contribution in [3.63, 3.8) is 0 Å². The van der Waals surface area contributed by atoms with Gasteiger partial charge in [-0.3, -0.25) is 0 Å². The van der Waals surface area contributed by atoms with Gasteiger partial charge in [-0.1, -0.05) is 12.1 Å². The van der Waals surface area contributed by atoms with Gasteiger partial charge in [0.1, 0.15) is 11.9 Å². The SMILES string of the molecule is Cc1ccc([C@@H](C)O)c(OC2CCOC3(CCOC3)C2)c1. The zero-order valence-corrected chi connectivity index (χ0v) is 12.8. The van der Waals surface area contributed by atoms with Gasteiger partial charge in [-0.2, -0.15) is 0 Å². The fourth-order valence-corrected chi connectivity index (χ4v) is 3.22. The second-order valence-corrected chi connectivity index (χ2v) is 6.28. The molecule has 0 aliphatic carbocycles. The summed E-state index contributed by atoms with van der Waals surface area (Å²) in [5, 5.41) is 9.91. The molecule has 4 nitrogen and oxygen atoms in total. The Morgan fingerprint density at radius 2 is 2.24 bits per heavy atom. The standard InChI is InChI=1S/C17H24O4/c1-12-3-4-15(13(2)18)16(9-12)21-14-5-7-20-17(10-14)6-8-19-11-17/h3-4,9,13-14,18H,5-8,10-11H2,1-2H3/t13-,14?,17?/m1/s1. The normalized spacial score (nSPS) is 30.5. The summed E-state index contributed by atoms with van der Waals surface area (Å²) in [6, 6.07) is 5.96. The first-order valence-electron chi connectivity index (χ1n) is 7.75. The maximum absolute atomic E-state index is 9.91. The van der Waals surface area contributed by atoms with E-state index in [1.54, 1.807) is 6.92 Å². The highest BCUT2D eigenvalue weighted by Gasteiger charge is 2.42. The van der Waals surface area contributed by atoms with Gasteiger partial charge in [-0.05, 0) is 25.5 Å². The van der Waals surface area contributed by atoms with Crippen LogP contribution in [0.25, 0.3) is 0 Å². The van der Waals surface area contributed by atoms with E-state index in [2.05, 4.69) is 0 Å². The molecule has 1 aromatic carbocycles. The molecule has 1 aromatic rings. The number of aryl methyl sites for hydroxylation is 1. The smallest absolute Gasteiger partial charge is 0.125 e. The third-order valence-corrected chi connectivity index (χ3v) is 4.43. The Morgan fingerprint density at radius 1 is 1.38 bits per heavy atom. The second-order valence-electron chi connectivity index (χ2n) is 6.28. The summed E-state index contributed by atoms with van der Waals surface area (Å²) in [5.41, 5.74) is 1.83. The van der Waals surface area contributed by atoms with Gasteiger partial charge in [0, 0.05) is 31.4 Å². The fraction of sp³-hybridized carbons (Fsp3) is 0.647. The third kappa shape index (κ3) is 3.23. The van der Waals surface area contributed by atoms with E-state index in [1.165, 1.54) is 0 Å². The number of benzene rings is 1. The molecule has 1 N–H and O–H groups in total. The van der Waals surface area contributed by atoms with E-state index in [0.29, 0.717) is 13.2 Å². The second kappa shape index (κ2) is 5.95. The molecule has 0 amide bonds. The Labute approximate surface area is 126 Å². The topological polar surface area (TPSA) is 47.9 Å². The summed E-state index contributed by atoms with van der Waals surface area (Å²) in [4.78, 5) is 0. The van der Waals surface area contributed by atoms with E-state index in [-0.39, 0.29) is 11.7 Å². The van der Waals surface area contributed by atoms with Crippen LogP contribution in [-0.4, -0.2) is 36.6 Å². The van der Waals surface area contributed by atoms with Crippen LogP contribution in [0.5, 0.6) is 5.75 Å². The van der Waals surface area contributed by atoms with Crippen molar-refractivity contribution >= 4 is 0 Å². The minimum atomic E-state index is -0.524. The number of hydrogen-bond donors (Lipinski definition) is 1. The minimum Gasteiger partial charge on any atom is -0.490 e. The third-order valence-electron chi connectivity index (χ3n) is 4.43. The van der Waals surface area contributed by atoms with Gasteiger partial charge in [0.15, 0.2) is 0 Å². The van der Waals surface area contributed by atoms with Crippen LogP contribution in [0.3, 0.4) is 0 Å². The quantitative estimate of drug-likeness (QED) is 0.930.